The van der Waals surface area contributed by atoms with E-state index in [4.69, 9.17) is 11.6 Å². The van der Waals surface area contributed by atoms with Crippen LogP contribution in [0.4, 0.5) is 0 Å². The Morgan fingerprint density at radius 2 is 1.90 bits per heavy atom. The number of rotatable bonds is 1. The molecule has 1 aliphatic heterocycles. The first-order chi connectivity index (χ1) is 9.63. The molecule has 1 aliphatic carbocycles. The predicted molar refractivity (Wildman–Crippen MR) is 86.3 cm³/mol. The summed E-state index contributed by atoms with van der Waals surface area (Å²) < 4.78 is 0. The Hall–Kier alpha value is -0.530. The average molecular weight is 292 g/mol. The van der Waals surface area contributed by atoms with Crippen molar-refractivity contribution in [2.75, 3.05) is 13.1 Å². The first-order valence-electron chi connectivity index (χ1n) is 8.10. The number of hydrogen-bond acceptors (Lipinski definition) is 1. The molecule has 1 aromatic rings. The number of nitrogens with one attached hydrogen (secondary N) is 1. The maximum atomic E-state index is 6.06. The largest absolute Gasteiger partial charge is 0.316 e. The lowest BCUT2D eigenvalue weighted by Crippen LogP contribution is -2.50. The molecule has 4 atom stereocenters. The second kappa shape index (κ2) is 5.69. The Balaban J connectivity index is 1.96. The summed E-state index contributed by atoms with van der Waals surface area (Å²) in [7, 11) is 0. The van der Waals surface area contributed by atoms with E-state index in [1.165, 1.54) is 37.8 Å². The zero-order chi connectivity index (χ0) is 14.2. The van der Waals surface area contributed by atoms with E-state index in [1.807, 2.05) is 0 Å². The molecule has 1 nitrogen and oxygen atoms in total. The van der Waals surface area contributed by atoms with Crippen LogP contribution in [0.5, 0.6) is 0 Å². The Morgan fingerprint density at radius 3 is 2.65 bits per heavy atom. The molecule has 1 saturated carbocycles. The van der Waals surface area contributed by atoms with Gasteiger partial charge >= 0.3 is 0 Å². The highest BCUT2D eigenvalue weighted by atomic mass is 35.5. The van der Waals surface area contributed by atoms with Gasteiger partial charge in [0.05, 0.1) is 0 Å². The van der Waals surface area contributed by atoms with Crippen molar-refractivity contribution in [3.63, 3.8) is 0 Å². The van der Waals surface area contributed by atoms with Crippen molar-refractivity contribution in [3.05, 3.63) is 34.9 Å². The molecule has 4 unspecified atom stereocenters. The minimum atomic E-state index is 0.497. The lowest BCUT2D eigenvalue weighted by atomic mass is 9.53. The maximum Gasteiger partial charge on any atom is 0.0406 e. The van der Waals surface area contributed by atoms with Gasteiger partial charge < -0.3 is 5.32 Å². The quantitative estimate of drug-likeness (QED) is 0.779. The summed E-state index contributed by atoms with van der Waals surface area (Å²) in [4.78, 5) is 0. The van der Waals surface area contributed by atoms with Crippen molar-refractivity contribution in [1.82, 2.24) is 5.32 Å². The van der Waals surface area contributed by atoms with E-state index < -0.39 is 0 Å². The van der Waals surface area contributed by atoms with E-state index in [0.29, 0.717) is 11.3 Å². The highest BCUT2D eigenvalue weighted by molar-refractivity contribution is 6.30. The predicted octanol–water partition coefficient (Wildman–Crippen LogP) is 4.86. The summed E-state index contributed by atoms with van der Waals surface area (Å²) in [6.45, 7) is 7.25. The van der Waals surface area contributed by atoms with Crippen LogP contribution in [0, 0.1) is 17.3 Å². The van der Waals surface area contributed by atoms with E-state index in [1.54, 1.807) is 0 Å². The standard InChI is InChI=1S/C18H26ClN/c1-13-4-3-9-18(14(13)2)10-11-20-12-17(18)15-5-7-16(19)8-6-15/h5-8,13-14,17,20H,3-4,9-12H2,1-2H3. The smallest absolute Gasteiger partial charge is 0.0406 e. The zero-order valence-electron chi connectivity index (χ0n) is 12.7. The molecule has 1 spiro atoms. The van der Waals surface area contributed by atoms with E-state index in [0.717, 1.165) is 23.4 Å². The third-order valence-corrected chi connectivity index (χ3v) is 6.40. The van der Waals surface area contributed by atoms with E-state index >= 15 is 0 Å². The zero-order valence-corrected chi connectivity index (χ0v) is 13.4. The van der Waals surface area contributed by atoms with Gasteiger partial charge in [-0.15, -0.1) is 0 Å². The van der Waals surface area contributed by atoms with Crippen LogP contribution in [0.1, 0.15) is 51.0 Å². The molecule has 3 rings (SSSR count). The molecule has 0 bridgehead atoms. The topological polar surface area (TPSA) is 12.0 Å². The minimum Gasteiger partial charge on any atom is -0.316 e. The second-order valence-electron chi connectivity index (χ2n) is 6.95. The molecule has 1 heterocycles. The molecule has 2 heteroatoms. The van der Waals surface area contributed by atoms with Crippen LogP contribution >= 0.6 is 11.6 Å². The van der Waals surface area contributed by atoms with Crippen molar-refractivity contribution in [2.45, 2.75) is 45.4 Å². The van der Waals surface area contributed by atoms with Crippen molar-refractivity contribution in [1.29, 1.82) is 0 Å². The van der Waals surface area contributed by atoms with E-state index in [9.17, 15) is 0 Å². The van der Waals surface area contributed by atoms with E-state index in [2.05, 4.69) is 43.4 Å². The van der Waals surface area contributed by atoms with Crippen LogP contribution < -0.4 is 5.32 Å². The molecular formula is C18H26ClN. The van der Waals surface area contributed by atoms with Gasteiger partial charge in [-0.3, -0.25) is 0 Å². The van der Waals surface area contributed by atoms with Crippen LogP contribution in [-0.2, 0) is 0 Å². The summed E-state index contributed by atoms with van der Waals surface area (Å²) >= 11 is 6.06. The van der Waals surface area contributed by atoms with Gasteiger partial charge in [-0.2, -0.15) is 0 Å². The summed E-state index contributed by atoms with van der Waals surface area (Å²) in [5.74, 6) is 2.32. The van der Waals surface area contributed by atoms with Gasteiger partial charge in [-0.25, -0.2) is 0 Å². The molecule has 1 N–H and O–H groups in total. The number of halogens is 1. The van der Waals surface area contributed by atoms with Crippen LogP contribution in [0.2, 0.25) is 5.02 Å². The molecule has 1 aromatic carbocycles. The Morgan fingerprint density at radius 1 is 1.15 bits per heavy atom. The molecule has 0 radical (unpaired) electrons. The van der Waals surface area contributed by atoms with Gasteiger partial charge in [0.25, 0.3) is 0 Å². The number of benzene rings is 1. The maximum absolute atomic E-state index is 6.06. The van der Waals surface area contributed by atoms with Gasteiger partial charge in [0.2, 0.25) is 0 Å². The molecule has 2 aliphatic rings. The normalized spacial score (nSPS) is 38.0. The first-order valence-corrected chi connectivity index (χ1v) is 8.47. The molecule has 20 heavy (non-hydrogen) atoms. The number of hydrogen-bond donors (Lipinski definition) is 1. The SMILES string of the molecule is CC1CCCC2(CCNCC2c2ccc(Cl)cc2)C1C. The molecule has 0 amide bonds. The highest BCUT2D eigenvalue weighted by Gasteiger charge is 2.48. The third-order valence-electron chi connectivity index (χ3n) is 6.14. The van der Waals surface area contributed by atoms with Gasteiger partial charge in [0.15, 0.2) is 0 Å². The van der Waals surface area contributed by atoms with Crippen LogP contribution in [-0.4, -0.2) is 13.1 Å². The summed E-state index contributed by atoms with van der Waals surface area (Å²) in [5, 5.41) is 4.47. The third kappa shape index (κ3) is 2.40. The summed E-state index contributed by atoms with van der Waals surface area (Å²) in [6.07, 6.45) is 5.53. The monoisotopic (exact) mass is 291 g/mol. The molecule has 1 saturated heterocycles. The fourth-order valence-electron chi connectivity index (χ4n) is 4.73. The Labute approximate surface area is 128 Å². The van der Waals surface area contributed by atoms with Crippen molar-refractivity contribution < 1.29 is 0 Å². The highest BCUT2D eigenvalue weighted by Crippen LogP contribution is 2.55. The van der Waals surface area contributed by atoms with Gasteiger partial charge in [-0.1, -0.05) is 50.4 Å². The van der Waals surface area contributed by atoms with Crippen LogP contribution in [0.3, 0.4) is 0 Å². The van der Waals surface area contributed by atoms with Crippen LogP contribution in [0.25, 0.3) is 0 Å². The second-order valence-corrected chi connectivity index (χ2v) is 7.39. The lowest BCUT2D eigenvalue weighted by molar-refractivity contribution is 0.00903. The van der Waals surface area contributed by atoms with Crippen molar-refractivity contribution in [3.8, 4) is 0 Å². The minimum absolute atomic E-state index is 0.497. The Kier molecular flexibility index (Phi) is 4.10. The van der Waals surface area contributed by atoms with Gasteiger partial charge in [0, 0.05) is 17.5 Å². The van der Waals surface area contributed by atoms with Gasteiger partial charge in [-0.05, 0) is 54.3 Å². The van der Waals surface area contributed by atoms with Crippen LogP contribution in [0.15, 0.2) is 24.3 Å². The Bertz CT molecular complexity index is 451. The molecule has 0 aromatic heterocycles. The van der Waals surface area contributed by atoms with Crippen molar-refractivity contribution in [2.24, 2.45) is 17.3 Å². The number of piperidine rings is 1. The average Bonchev–Trinajstić information content (AvgIpc) is 2.46. The molecule has 2 fully saturated rings. The van der Waals surface area contributed by atoms with Gasteiger partial charge in [0.1, 0.15) is 0 Å². The summed E-state index contributed by atoms with van der Waals surface area (Å²) in [6, 6.07) is 8.59. The molecule has 110 valence electrons. The first kappa shape index (κ1) is 14.4. The van der Waals surface area contributed by atoms with Crippen molar-refractivity contribution >= 4 is 11.6 Å². The summed E-state index contributed by atoms with van der Waals surface area (Å²) in [5.41, 5.74) is 1.97. The lowest BCUT2D eigenvalue weighted by Gasteiger charge is -2.53. The molecular weight excluding hydrogens is 266 g/mol. The van der Waals surface area contributed by atoms with E-state index in [-0.39, 0.29) is 0 Å². The fourth-order valence-corrected chi connectivity index (χ4v) is 4.86. The fraction of sp³-hybridized carbons (Fsp3) is 0.667.